The van der Waals surface area contributed by atoms with Crippen molar-refractivity contribution in [3.8, 4) is 0 Å². The molecule has 0 aliphatic carbocycles. The van der Waals surface area contributed by atoms with E-state index in [1.54, 1.807) is 7.05 Å². The van der Waals surface area contributed by atoms with Crippen LogP contribution < -0.4 is 0 Å². The van der Waals surface area contributed by atoms with E-state index in [0.29, 0.717) is 0 Å². The molecule has 0 spiro atoms. The third-order valence-electron chi connectivity index (χ3n) is 0.540. The summed E-state index contributed by atoms with van der Waals surface area (Å²) >= 11 is 0. The molecule has 0 aliphatic rings. The Morgan fingerprint density at radius 1 is 1.86 bits per heavy atom. The highest BCUT2D eigenvalue weighted by atomic mass is 28.2. The first-order valence-electron chi connectivity index (χ1n) is 1.93. The number of hydrogen-bond acceptors (Lipinski definition) is 2. The maximum atomic E-state index is 10.2. The van der Waals surface area contributed by atoms with E-state index in [9.17, 15) is 4.79 Å². The van der Waals surface area contributed by atoms with Gasteiger partial charge in [0.15, 0.2) is 0 Å². The van der Waals surface area contributed by atoms with E-state index in [1.807, 2.05) is 0 Å². The predicted octanol–water partition coefficient (Wildman–Crippen LogP) is -1.03. The zero-order valence-electron chi connectivity index (χ0n) is 4.76. The fraction of sp³-hybridized carbons (Fsp3) is 0.667. The molecule has 0 radical (unpaired) electrons. The minimum absolute atomic E-state index is 0.258. The lowest BCUT2D eigenvalue weighted by Gasteiger charge is -2.06. The third-order valence-corrected chi connectivity index (χ3v) is 0.905. The Morgan fingerprint density at radius 2 is 2.29 bits per heavy atom. The van der Waals surface area contributed by atoms with Crippen LogP contribution in [0.15, 0.2) is 0 Å². The average molecular weight is 119 g/mol. The fourth-order valence-corrected chi connectivity index (χ4v) is 0.365. The van der Waals surface area contributed by atoms with Crippen LogP contribution in [0.25, 0.3) is 0 Å². The van der Waals surface area contributed by atoms with Crippen molar-refractivity contribution in [2.75, 3.05) is 14.2 Å². The number of hydrogen-bond donors (Lipinski definition) is 0. The summed E-state index contributed by atoms with van der Waals surface area (Å²) in [7, 11) is 3.79. The third kappa shape index (κ3) is 2.22. The summed E-state index contributed by atoms with van der Waals surface area (Å²) < 4.78 is 5.83. The maximum absolute atomic E-state index is 10.2. The van der Waals surface area contributed by atoms with Gasteiger partial charge in [0.1, 0.15) is 10.4 Å². The number of rotatable bonds is 0. The summed E-state index contributed by atoms with van der Waals surface area (Å²) in [6, 6.07) is 0. The van der Waals surface area contributed by atoms with Crippen molar-refractivity contribution in [1.82, 2.24) is 4.57 Å². The van der Waals surface area contributed by atoms with Gasteiger partial charge in [-0.25, -0.2) is 4.79 Å². The van der Waals surface area contributed by atoms with Crippen molar-refractivity contribution >= 4 is 16.5 Å². The second kappa shape index (κ2) is 2.63. The fourth-order valence-electron chi connectivity index (χ4n) is 0.183. The molecule has 0 aromatic carbocycles. The average Bonchev–Trinajstić information content (AvgIpc) is 1.65. The van der Waals surface area contributed by atoms with Gasteiger partial charge in [-0.05, 0) is 0 Å². The first kappa shape index (κ1) is 6.49. The van der Waals surface area contributed by atoms with Crippen LogP contribution in [0, 0.1) is 0 Å². The van der Waals surface area contributed by atoms with Gasteiger partial charge in [0, 0.05) is 7.05 Å². The van der Waals surface area contributed by atoms with E-state index in [0.717, 1.165) is 10.4 Å². The molecule has 0 unspecified atom stereocenters. The van der Waals surface area contributed by atoms with Gasteiger partial charge in [0.25, 0.3) is 0 Å². The van der Waals surface area contributed by atoms with E-state index >= 15 is 0 Å². The Labute approximate surface area is 45.8 Å². The van der Waals surface area contributed by atoms with Crippen LogP contribution >= 0.6 is 0 Å². The molecule has 0 rings (SSSR count). The minimum Gasteiger partial charge on any atom is -0.453 e. The van der Waals surface area contributed by atoms with E-state index in [1.165, 1.54) is 11.7 Å². The summed E-state index contributed by atoms with van der Waals surface area (Å²) in [6.07, 6.45) is -0.258. The van der Waals surface area contributed by atoms with Crippen LogP contribution in [-0.4, -0.2) is 35.2 Å². The molecule has 1 amide bonds. The summed E-state index contributed by atoms with van der Waals surface area (Å²) in [4.78, 5) is 10.2. The molecule has 7 heavy (non-hydrogen) atoms. The van der Waals surface area contributed by atoms with Crippen molar-refractivity contribution < 1.29 is 9.53 Å². The van der Waals surface area contributed by atoms with Crippen molar-refractivity contribution in [3.05, 3.63) is 0 Å². The Bertz CT molecular complexity index is 73.3. The molecular formula is C3H9NO2Si. The summed E-state index contributed by atoms with van der Waals surface area (Å²) in [5.41, 5.74) is 0. The zero-order chi connectivity index (χ0) is 5.86. The van der Waals surface area contributed by atoms with Gasteiger partial charge < -0.3 is 9.30 Å². The molecule has 0 aliphatic heterocycles. The molecule has 0 heterocycles. The molecule has 0 bridgehead atoms. The number of ether oxygens (including phenoxy) is 1. The summed E-state index contributed by atoms with van der Waals surface area (Å²) in [5.74, 6) is 0. The molecular weight excluding hydrogens is 110 g/mol. The molecule has 0 fully saturated rings. The number of carbonyl (C=O) groups excluding carboxylic acids is 1. The van der Waals surface area contributed by atoms with Crippen LogP contribution in [0.4, 0.5) is 4.79 Å². The highest BCUT2D eigenvalue weighted by Crippen LogP contribution is 1.77. The first-order chi connectivity index (χ1) is 3.18. The Kier molecular flexibility index (Phi) is 2.43. The SMILES string of the molecule is COC(=O)N(C)[SiH3]. The quantitative estimate of drug-likeness (QED) is 0.381. The Morgan fingerprint density at radius 3 is 2.29 bits per heavy atom. The molecule has 0 N–H and O–H groups in total. The molecule has 0 aromatic rings. The van der Waals surface area contributed by atoms with E-state index in [2.05, 4.69) is 4.74 Å². The van der Waals surface area contributed by atoms with Gasteiger partial charge in [-0.2, -0.15) is 0 Å². The smallest absolute Gasteiger partial charge is 0.400 e. The lowest BCUT2D eigenvalue weighted by molar-refractivity contribution is 0.155. The van der Waals surface area contributed by atoms with Crippen LogP contribution in [0.1, 0.15) is 0 Å². The molecule has 0 atom stereocenters. The lowest BCUT2D eigenvalue weighted by Crippen LogP contribution is -2.22. The second-order valence-electron chi connectivity index (χ2n) is 1.36. The Hall–Kier alpha value is -0.513. The van der Waals surface area contributed by atoms with Gasteiger partial charge in [-0.1, -0.05) is 0 Å². The van der Waals surface area contributed by atoms with E-state index in [-0.39, 0.29) is 6.09 Å². The largest absolute Gasteiger partial charge is 0.453 e. The summed E-state index contributed by atoms with van der Waals surface area (Å²) in [6.45, 7) is 0. The molecule has 0 saturated carbocycles. The van der Waals surface area contributed by atoms with Crippen molar-refractivity contribution in [2.24, 2.45) is 0 Å². The zero-order valence-corrected chi connectivity index (χ0v) is 6.76. The van der Waals surface area contributed by atoms with Crippen LogP contribution in [0.2, 0.25) is 0 Å². The second-order valence-corrected chi connectivity index (χ2v) is 2.71. The predicted molar refractivity (Wildman–Crippen MR) is 30.1 cm³/mol. The van der Waals surface area contributed by atoms with Crippen LogP contribution in [0.3, 0.4) is 0 Å². The molecule has 42 valence electrons. The number of amides is 1. The van der Waals surface area contributed by atoms with Crippen molar-refractivity contribution in [3.63, 3.8) is 0 Å². The van der Waals surface area contributed by atoms with Crippen molar-refractivity contribution in [2.45, 2.75) is 0 Å². The lowest BCUT2D eigenvalue weighted by atomic mass is 11.1. The monoisotopic (exact) mass is 119 g/mol. The Balaban J connectivity index is 3.35. The van der Waals surface area contributed by atoms with Gasteiger partial charge in [0.2, 0.25) is 0 Å². The summed E-state index contributed by atoms with van der Waals surface area (Å²) in [5, 5.41) is 0. The molecule has 0 saturated heterocycles. The van der Waals surface area contributed by atoms with Gasteiger partial charge in [-0.3, -0.25) is 0 Å². The van der Waals surface area contributed by atoms with Gasteiger partial charge in [-0.15, -0.1) is 0 Å². The van der Waals surface area contributed by atoms with Crippen LogP contribution in [-0.2, 0) is 4.74 Å². The first-order valence-corrected chi connectivity index (χ1v) is 2.83. The van der Waals surface area contributed by atoms with Gasteiger partial charge in [0.05, 0.1) is 7.11 Å². The normalized spacial score (nSPS) is 8.29. The standard InChI is InChI=1S/C3H9NO2Si/c1-4(7)3(5)6-2/h1-2,7H3. The minimum atomic E-state index is -0.258. The number of carbonyl (C=O) groups is 1. The molecule has 3 nitrogen and oxygen atoms in total. The highest BCUT2D eigenvalue weighted by molar-refractivity contribution is 6.12. The van der Waals surface area contributed by atoms with E-state index < -0.39 is 0 Å². The topological polar surface area (TPSA) is 29.5 Å². The molecule has 4 heteroatoms. The van der Waals surface area contributed by atoms with Gasteiger partial charge >= 0.3 is 6.09 Å². The number of nitrogens with zero attached hydrogens (tertiary/aromatic N) is 1. The van der Waals surface area contributed by atoms with E-state index in [4.69, 9.17) is 0 Å². The van der Waals surface area contributed by atoms with Crippen molar-refractivity contribution in [1.29, 1.82) is 0 Å². The maximum Gasteiger partial charge on any atom is 0.400 e. The number of methoxy groups -OCH3 is 1. The highest BCUT2D eigenvalue weighted by Gasteiger charge is 1.96. The van der Waals surface area contributed by atoms with Crippen LogP contribution in [0.5, 0.6) is 0 Å². The molecule has 0 aromatic heterocycles.